The summed E-state index contributed by atoms with van der Waals surface area (Å²) in [6.07, 6.45) is 1.64. The predicted molar refractivity (Wildman–Crippen MR) is 134 cm³/mol. The quantitative estimate of drug-likeness (QED) is 0.300. The maximum absolute atomic E-state index is 12.5. The molecule has 3 aromatic rings. The normalized spacial score (nSPS) is 17.4. The smallest absolute Gasteiger partial charge is 0.286 e. The Balaban J connectivity index is 1.26. The molecule has 1 saturated heterocycles. The van der Waals surface area contributed by atoms with Gasteiger partial charge in [-0.15, -0.1) is 0 Å². The van der Waals surface area contributed by atoms with Crippen LogP contribution in [-0.4, -0.2) is 47.1 Å². The van der Waals surface area contributed by atoms with Crippen LogP contribution in [0.1, 0.15) is 11.3 Å². The number of para-hydroxylation sites is 2. The monoisotopic (exact) mass is 474 g/mol. The summed E-state index contributed by atoms with van der Waals surface area (Å²) in [7, 11) is 0. The number of carbonyl (C=O) groups is 1. The zero-order valence-electron chi connectivity index (χ0n) is 18.5. The van der Waals surface area contributed by atoms with Crippen molar-refractivity contribution in [3.05, 3.63) is 87.0 Å². The molecule has 8 nitrogen and oxygen atoms in total. The molecule has 1 aromatic heterocycles. The Bertz CT molecular complexity index is 1320. The number of furan rings is 1. The minimum Gasteiger partial charge on any atom is -0.456 e. The number of rotatable bonds is 4. The van der Waals surface area contributed by atoms with E-state index in [4.69, 9.17) is 4.42 Å². The lowest BCUT2D eigenvalue weighted by Gasteiger charge is -2.37. The second kappa shape index (κ2) is 9.18. The molecule has 0 aliphatic carbocycles. The molecule has 0 spiro atoms. The average molecular weight is 475 g/mol. The first-order valence-corrected chi connectivity index (χ1v) is 11.7. The number of aryl methyl sites for hydroxylation is 1. The van der Waals surface area contributed by atoms with E-state index in [0.29, 0.717) is 27.2 Å². The van der Waals surface area contributed by atoms with Crippen LogP contribution in [-0.2, 0) is 4.79 Å². The van der Waals surface area contributed by atoms with Crippen molar-refractivity contribution in [3.8, 4) is 11.3 Å². The molecule has 34 heavy (non-hydrogen) atoms. The zero-order valence-corrected chi connectivity index (χ0v) is 19.3. The number of benzene rings is 2. The third-order valence-electron chi connectivity index (χ3n) is 5.88. The Kier molecular flexibility index (Phi) is 5.93. The van der Waals surface area contributed by atoms with Gasteiger partial charge in [0.25, 0.3) is 11.6 Å². The molecule has 0 saturated carbocycles. The van der Waals surface area contributed by atoms with Gasteiger partial charge < -0.3 is 14.2 Å². The summed E-state index contributed by atoms with van der Waals surface area (Å²) in [6.45, 7) is 5.39. The van der Waals surface area contributed by atoms with Crippen LogP contribution in [0.5, 0.6) is 0 Å². The second-order valence-electron chi connectivity index (χ2n) is 8.05. The van der Waals surface area contributed by atoms with Crippen LogP contribution in [0.4, 0.5) is 11.4 Å². The van der Waals surface area contributed by atoms with E-state index in [-0.39, 0.29) is 11.6 Å². The van der Waals surface area contributed by atoms with Crippen LogP contribution in [0.25, 0.3) is 17.4 Å². The highest BCUT2D eigenvalue weighted by atomic mass is 32.2. The number of carbonyl (C=O) groups excluding carboxylic acids is 1. The standard InChI is InChI=1S/C25H22N4O4S/c1-17-6-2-4-8-20(17)27-12-14-28(15-13-27)25-26-24(30)23(34-25)16-18-10-11-22(33-18)19-7-3-5-9-21(19)29(31)32/h2-11,16H,12-15H2,1H3/b23-16+. The lowest BCUT2D eigenvalue weighted by molar-refractivity contribution is -0.384. The molecule has 0 unspecified atom stereocenters. The molecule has 1 fully saturated rings. The first-order valence-electron chi connectivity index (χ1n) is 10.9. The number of thioether (sulfide) groups is 1. The number of nitro benzene ring substituents is 1. The van der Waals surface area contributed by atoms with Crippen molar-refractivity contribution in [2.45, 2.75) is 6.92 Å². The van der Waals surface area contributed by atoms with E-state index in [1.54, 1.807) is 36.4 Å². The number of nitro groups is 1. The van der Waals surface area contributed by atoms with E-state index < -0.39 is 4.92 Å². The van der Waals surface area contributed by atoms with E-state index in [9.17, 15) is 14.9 Å². The first kappa shape index (κ1) is 22.0. The van der Waals surface area contributed by atoms with E-state index >= 15 is 0 Å². The molecular weight excluding hydrogens is 452 g/mol. The van der Waals surface area contributed by atoms with Crippen molar-refractivity contribution < 1.29 is 14.1 Å². The minimum atomic E-state index is -0.439. The number of nitrogens with zero attached hydrogens (tertiary/aromatic N) is 4. The fourth-order valence-electron chi connectivity index (χ4n) is 4.14. The molecule has 2 aliphatic rings. The number of amides is 1. The van der Waals surface area contributed by atoms with Gasteiger partial charge in [0.05, 0.1) is 15.4 Å². The van der Waals surface area contributed by atoms with Gasteiger partial charge in [-0.3, -0.25) is 14.9 Å². The van der Waals surface area contributed by atoms with Crippen molar-refractivity contribution in [1.29, 1.82) is 0 Å². The Morgan fingerprint density at radius 1 is 1.00 bits per heavy atom. The summed E-state index contributed by atoms with van der Waals surface area (Å²) >= 11 is 1.33. The fraction of sp³-hybridized carbons (Fsp3) is 0.200. The molecular formula is C25H22N4O4S. The van der Waals surface area contributed by atoms with Crippen molar-refractivity contribution in [3.63, 3.8) is 0 Å². The highest BCUT2D eigenvalue weighted by Gasteiger charge is 2.29. The van der Waals surface area contributed by atoms with E-state index in [0.717, 1.165) is 26.2 Å². The van der Waals surface area contributed by atoms with Gasteiger partial charge in [-0.05, 0) is 48.5 Å². The van der Waals surface area contributed by atoms with Crippen LogP contribution in [0.15, 0.2) is 75.0 Å². The van der Waals surface area contributed by atoms with Gasteiger partial charge >= 0.3 is 0 Å². The van der Waals surface area contributed by atoms with Crippen LogP contribution < -0.4 is 4.90 Å². The number of hydrogen-bond acceptors (Lipinski definition) is 7. The van der Waals surface area contributed by atoms with E-state index in [2.05, 4.69) is 39.9 Å². The van der Waals surface area contributed by atoms with Gasteiger partial charge in [-0.1, -0.05) is 30.3 Å². The van der Waals surface area contributed by atoms with Gasteiger partial charge in [0.2, 0.25) is 0 Å². The third kappa shape index (κ3) is 4.34. The summed E-state index contributed by atoms with van der Waals surface area (Å²) in [5.41, 5.74) is 2.86. The van der Waals surface area contributed by atoms with Crippen molar-refractivity contribution in [2.24, 2.45) is 4.99 Å². The van der Waals surface area contributed by atoms with Crippen molar-refractivity contribution in [2.75, 3.05) is 31.1 Å². The van der Waals surface area contributed by atoms with E-state index in [1.807, 2.05) is 6.07 Å². The maximum Gasteiger partial charge on any atom is 0.286 e. The SMILES string of the molecule is Cc1ccccc1N1CCN(C2=NC(=O)/C(=C\c3ccc(-c4ccccc4[N+](=O)[O-])o3)S2)CC1. The Labute approximate surface area is 200 Å². The fourth-order valence-corrected chi connectivity index (χ4v) is 5.08. The molecule has 2 aromatic carbocycles. The number of piperazine rings is 1. The average Bonchev–Trinajstić information content (AvgIpc) is 3.46. The van der Waals surface area contributed by atoms with Gasteiger partial charge in [0.15, 0.2) is 5.17 Å². The summed E-state index contributed by atoms with van der Waals surface area (Å²) in [5.74, 6) is 0.526. The van der Waals surface area contributed by atoms with Crippen LogP contribution in [0.2, 0.25) is 0 Å². The van der Waals surface area contributed by atoms with Crippen molar-refractivity contribution >= 4 is 40.3 Å². The Morgan fingerprint density at radius 2 is 1.71 bits per heavy atom. The molecule has 5 rings (SSSR count). The molecule has 9 heteroatoms. The van der Waals surface area contributed by atoms with Crippen LogP contribution >= 0.6 is 11.8 Å². The van der Waals surface area contributed by atoms with Gasteiger partial charge in [0.1, 0.15) is 11.5 Å². The topological polar surface area (TPSA) is 92.2 Å². The first-order chi connectivity index (χ1) is 16.5. The summed E-state index contributed by atoms with van der Waals surface area (Å²) in [6, 6.07) is 18.1. The highest BCUT2D eigenvalue weighted by Crippen LogP contribution is 2.34. The predicted octanol–water partition coefficient (Wildman–Crippen LogP) is 4.96. The number of aliphatic imine (C=N–C) groups is 1. The molecule has 172 valence electrons. The van der Waals surface area contributed by atoms with E-state index in [1.165, 1.54) is 29.1 Å². The largest absolute Gasteiger partial charge is 0.456 e. The molecule has 2 aliphatic heterocycles. The molecule has 0 radical (unpaired) electrons. The van der Waals surface area contributed by atoms with Gasteiger partial charge in [-0.25, -0.2) is 0 Å². The molecule has 0 bridgehead atoms. The molecule has 3 heterocycles. The molecule has 1 amide bonds. The zero-order chi connectivity index (χ0) is 23.7. The summed E-state index contributed by atoms with van der Waals surface area (Å²) < 4.78 is 5.81. The van der Waals surface area contributed by atoms with Crippen LogP contribution in [0.3, 0.4) is 0 Å². The molecule has 0 N–H and O–H groups in total. The number of amidine groups is 1. The Hall–Kier alpha value is -3.85. The second-order valence-corrected chi connectivity index (χ2v) is 9.06. The lowest BCUT2D eigenvalue weighted by Crippen LogP contribution is -2.48. The number of hydrogen-bond donors (Lipinski definition) is 0. The summed E-state index contributed by atoms with van der Waals surface area (Å²) in [4.78, 5) is 32.6. The maximum atomic E-state index is 12.5. The van der Waals surface area contributed by atoms with Gasteiger partial charge in [0, 0.05) is 44.0 Å². The van der Waals surface area contributed by atoms with Gasteiger partial charge in [-0.2, -0.15) is 4.99 Å². The highest BCUT2D eigenvalue weighted by molar-refractivity contribution is 8.18. The lowest BCUT2D eigenvalue weighted by atomic mass is 10.1. The summed E-state index contributed by atoms with van der Waals surface area (Å²) in [5, 5.41) is 12.0. The third-order valence-corrected chi connectivity index (χ3v) is 6.93. The van der Waals surface area contributed by atoms with Crippen LogP contribution in [0, 0.1) is 17.0 Å². The Morgan fingerprint density at radius 3 is 2.47 bits per heavy atom. The van der Waals surface area contributed by atoms with Crippen molar-refractivity contribution in [1.82, 2.24) is 4.90 Å². The molecule has 0 atom stereocenters. The minimum absolute atomic E-state index is 0.0298. The number of anilines is 1.